The molecule has 0 amide bonds. The first kappa shape index (κ1) is 23.2. The monoisotopic (exact) mass is 342 g/mol. The maximum absolute atomic E-state index is 10.1. The molecule has 0 aliphatic carbocycles. The molecule has 0 aromatic heterocycles. The first-order valence-electron chi connectivity index (χ1n) is 10.7. The van der Waals surface area contributed by atoms with Crippen molar-refractivity contribution in [3.63, 3.8) is 0 Å². The molecule has 0 rings (SSSR count). The molecule has 0 aliphatic rings. The molecule has 0 saturated heterocycles. The third-order valence-electron chi connectivity index (χ3n) is 5.08. The number of hydrogen-bond acceptors (Lipinski definition) is 1. The normalized spacial score (nSPS) is 13.4. The maximum atomic E-state index is 10.1. The first-order valence-corrected chi connectivity index (χ1v) is 14.2. The average Bonchev–Trinajstić information content (AvgIpc) is 2.50. The van der Waals surface area contributed by atoms with Gasteiger partial charge in [-0.15, -0.1) is 0 Å². The van der Waals surface area contributed by atoms with Crippen LogP contribution in [0.3, 0.4) is 0 Å². The minimum Gasteiger partial charge on any atom is -0.397 e. The molecule has 1 nitrogen and oxygen atoms in total. The summed E-state index contributed by atoms with van der Waals surface area (Å²) in [6, 6.07) is 0. The molecule has 1 atom stereocenters. The number of rotatable bonds is 17. The summed E-state index contributed by atoms with van der Waals surface area (Å²) in [5.74, 6) is 0. The van der Waals surface area contributed by atoms with E-state index in [0.717, 1.165) is 6.42 Å². The third kappa shape index (κ3) is 16.8. The summed E-state index contributed by atoms with van der Waals surface area (Å²) in [7, 11) is -1.31. The van der Waals surface area contributed by atoms with Crippen LogP contribution < -0.4 is 0 Å². The number of aliphatic hydroxyl groups excluding tert-OH is 1. The first-order chi connectivity index (χ1) is 11.0. The van der Waals surface area contributed by atoms with Crippen LogP contribution in [0.25, 0.3) is 0 Å². The fourth-order valence-corrected chi connectivity index (χ4v) is 4.21. The Hall–Kier alpha value is 0.177. The highest BCUT2D eigenvalue weighted by molar-refractivity contribution is 6.77. The molecule has 0 heterocycles. The lowest BCUT2D eigenvalue weighted by Crippen LogP contribution is -2.37. The fraction of sp³-hybridized carbons (Fsp3) is 1.00. The summed E-state index contributed by atoms with van der Waals surface area (Å²) in [6.45, 7) is 9.09. The molecule has 1 N–H and O–H groups in total. The third-order valence-corrected chi connectivity index (χ3v) is 7.37. The van der Waals surface area contributed by atoms with Crippen LogP contribution in [0, 0.1) is 0 Å². The molecule has 0 aromatic carbocycles. The van der Waals surface area contributed by atoms with Gasteiger partial charge in [-0.3, -0.25) is 0 Å². The zero-order valence-electron chi connectivity index (χ0n) is 16.8. The van der Waals surface area contributed by atoms with Gasteiger partial charge in [0, 0.05) is 5.73 Å². The van der Waals surface area contributed by atoms with E-state index in [0.29, 0.717) is 0 Å². The number of hydrogen-bond donors (Lipinski definition) is 1. The van der Waals surface area contributed by atoms with Crippen molar-refractivity contribution in [1.29, 1.82) is 0 Å². The summed E-state index contributed by atoms with van der Waals surface area (Å²) in [6.07, 6.45) is 22.2. The Morgan fingerprint density at radius 3 is 1.17 bits per heavy atom. The van der Waals surface area contributed by atoms with Crippen LogP contribution in [-0.4, -0.2) is 18.9 Å². The Labute approximate surface area is 148 Å². The van der Waals surface area contributed by atoms with E-state index in [1.54, 1.807) is 0 Å². The van der Waals surface area contributed by atoms with Crippen molar-refractivity contribution in [2.24, 2.45) is 0 Å². The molecule has 0 aliphatic heterocycles. The molecule has 0 saturated carbocycles. The van der Waals surface area contributed by atoms with Gasteiger partial charge >= 0.3 is 0 Å². The largest absolute Gasteiger partial charge is 0.397 e. The van der Waals surface area contributed by atoms with E-state index in [-0.39, 0.29) is 5.73 Å². The van der Waals surface area contributed by atoms with Gasteiger partial charge in [0.25, 0.3) is 0 Å². The molecule has 2 heteroatoms. The highest BCUT2D eigenvalue weighted by Gasteiger charge is 2.23. The Bertz CT molecular complexity index is 234. The minimum absolute atomic E-state index is 0.00414. The predicted octanol–water partition coefficient (Wildman–Crippen LogP) is 7.49. The van der Waals surface area contributed by atoms with Crippen molar-refractivity contribution in [1.82, 2.24) is 0 Å². The lowest BCUT2D eigenvalue weighted by atomic mass is 10.0. The van der Waals surface area contributed by atoms with Gasteiger partial charge in [0.2, 0.25) is 0 Å². The van der Waals surface area contributed by atoms with E-state index in [1.165, 1.54) is 96.3 Å². The van der Waals surface area contributed by atoms with Crippen molar-refractivity contribution in [2.45, 2.75) is 135 Å². The Balaban J connectivity index is 3.11. The molecular weight excluding hydrogens is 296 g/mol. The van der Waals surface area contributed by atoms with Gasteiger partial charge in [-0.1, -0.05) is 123 Å². The van der Waals surface area contributed by atoms with Gasteiger partial charge in [0.15, 0.2) is 0 Å². The van der Waals surface area contributed by atoms with Crippen LogP contribution >= 0.6 is 0 Å². The Kier molecular flexibility index (Phi) is 15.8. The van der Waals surface area contributed by atoms with E-state index in [4.69, 9.17) is 0 Å². The van der Waals surface area contributed by atoms with Crippen molar-refractivity contribution in [2.75, 3.05) is 0 Å². The van der Waals surface area contributed by atoms with Crippen LogP contribution in [0.4, 0.5) is 0 Å². The van der Waals surface area contributed by atoms with Gasteiger partial charge in [-0.25, -0.2) is 0 Å². The fourth-order valence-electron chi connectivity index (χ4n) is 3.14. The minimum atomic E-state index is -1.31. The Morgan fingerprint density at radius 2 is 0.870 bits per heavy atom. The summed E-state index contributed by atoms with van der Waals surface area (Å²) >= 11 is 0. The van der Waals surface area contributed by atoms with Crippen LogP contribution in [0.1, 0.15) is 110 Å². The molecule has 0 fully saturated rings. The zero-order chi connectivity index (χ0) is 17.4. The maximum Gasteiger partial charge on any atom is 0.0781 e. The second-order valence-electron chi connectivity index (χ2n) is 8.62. The topological polar surface area (TPSA) is 20.2 Å². The molecule has 0 spiro atoms. The van der Waals surface area contributed by atoms with Crippen LogP contribution in [0.2, 0.25) is 19.6 Å². The summed E-state index contributed by atoms with van der Waals surface area (Å²) in [4.78, 5) is 0. The summed E-state index contributed by atoms with van der Waals surface area (Å²) in [5.41, 5.74) is 0.00414. The molecule has 140 valence electrons. The number of unbranched alkanes of at least 4 members (excludes halogenated alkanes) is 14. The van der Waals surface area contributed by atoms with E-state index >= 15 is 0 Å². The lowest BCUT2D eigenvalue weighted by Gasteiger charge is -2.23. The van der Waals surface area contributed by atoms with Gasteiger partial charge in [0.1, 0.15) is 0 Å². The second kappa shape index (κ2) is 15.7. The quantitative estimate of drug-likeness (QED) is 0.214. The van der Waals surface area contributed by atoms with Crippen molar-refractivity contribution in [3.8, 4) is 0 Å². The second-order valence-corrected chi connectivity index (χ2v) is 14.0. The van der Waals surface area contributed by atoms with E-state index < -0.39 is 8.07 Å². The molecule has 0 bridgehead atoms. The van der Waals surface area contributed by atoms with E-state index in [2.05, 4.69) is 26.6 Å². The van der Waals surface area contributed by atoms with Crippen molar-refractivity contribution in [3.05, 3.63) is 0 Å². The standard InChI is InChI=1S/C21H46OSi/c1-5-6-7-8-9-10-11-12-13-14-15-16-17-18-19-20-21(22)23(2,3)4/h21-22H,5-20H2,1-4H3. The smallest absolute Gasteiger partial charge is 0.0781 e. The van der Waals surface area contributed by atoms with E-state index in [9.17, 15) is 5.11 Å². The number of aliphatic hydroxyl groups is 1. The zero-order valence-corrected chi connectivity index (χ0v) is 17.8. The molecule has 0 radical (unpaired) electrons. The molecule has 23 heavy (non-hydrogen) atoms. The lowest BCUT2D eigenvalue weighted by molar-refractivity contribution is 0.228. The Morgan fingerprint density at radius 1 is 0.565 bits per heavy atom. The average molecular weight is 343 g/mol. The van der Waals surface area contributed by atoms with Gasteiger partial charge in [0.05, 0.1) is 8.07 Å². The van der Waals surface area contributed by atoms with Crippen LogP contribution in [0.15, 0.2) is 0 Å². The summed E-state index contributed by atoms with van der Waals surface area (Å²) in [5, 5.41) is 10.1. The van der Waals surface area contributed by atoms with Gasteiger partial charge in [-0.2, -0.15) is 0 Å². The highest BCUT2D eigenvalue weighted by Crippen LogP contribution is 2.16. The molecular formula is C21H46OSi. The van der Waals surface area contributed by atoms with Gasteiger partial charge in [-0.05, 0) is 6.42 Å². The van der Waals surface area contributed by atoms with Crippen molar-refractivity contribution >= 4 is 8.07 Å². The predicted molar refractivity (Wildman–Crippen MR) is 109 cm³/mol. The van der Waals surface area contributed by atoms with Crippen molar-refractivity contribution < 1.29 is 5.11 Å². The van der Waals surface area contributed by atoms with E-state index in [1.807, 2.05) is 0 Å². The molecule has 1 unspecified atom stereocenters. The van der Waals surface area contributed by atoms with Crippen LogP contribution in [0.5, 0.6) is 0 Å². The van der Waals surface area contributed by atoms with Crippen LogP contribution in [-0.2, 0) is 0 Å². The highest BCUT2D eigenvalue weighted by atomic mass is 28.3. The SMILES string of the molecule is CCCCCCCCCCCCCCCCCC(O)[Si](C)(C)C. The molecule has 0 aromatic rings. The van der Waals surface area contributed by atoms with Gasteiger partial charge < -0.3 is 5.11 Å². The summed E-state index contributed by atoms with van der Waals surface area (Å²) < 4.78 is 0.